The second-order valence-corrected chi connectivity index (χ2v) is 3.24. The largest absolute Gasteiger partial charge is 0.448 e. The zero-order valence-electron chi connectivity index (χ0n) is 8.50. The molecule has 1 N–H and O–H groups in total. The Morgan fingerprint density at radius 2 is 2.07 bits per heavy atom. The van der Waals surface area contributed by atoms with E-state index in [0.717, 1.165) is 17.4 Å². The molecule has 1 aromatic rings. The van der Waals surface area contributed by atoms with E-state index < -0.39 is 6.92 Å². The van der Waals surface area contributed by atoms with E-state index >= 15 is 0 Å². The standard InChI is InChI=1S/C10H12BO2.W/c1-7-4-9(6-12)10(11(3)13)5-8(7)2;/h4,6,13H,1-3H3;/q-1;. The minimum Gasteiger partial charge on any atom is -0.448 e. The first-order valence-electron chi connectivity index (χ1n) is 4.23. The van der Waals surface area contributed by atoms with Crippen LogP contribution in [0.4, 0.5) is 0 Å². The fourth-order valence-corrected chi connectivity index (χ4v) is 1.24. The zero-order valence-corrected chi connectivity index (χ0v) is 11.4. The first-order valence-corrected chi connectivity index (χ1v) is 4.23. The molecule has 74 valence electrons. The minimum atomic E-state index is -0.639. The van der Waals surface area contributed by atoms with Gasteiger partial charge in [-0.15, -0.1) is 0 Å². The van der Waals surface area contributed by atoms with Crippen LogP contribution >= 0.6 is 0 Å². The molecule has 0 heterocycles. The molecule has 0 bridgehead atoms. The Kier molecular flexibility index (Phi) is 5.32. The van der Waals surface area contributed by atoms with Crippen molar-refractivity contribution in [2.75, 3.05) is 0 Å². The van der Waals surface area contributed by atoms with E-state index in [4.69, 9.17) is 0 Å². The predicted octanol–water partition coefficient (Wildman–Crippen LogP) is 0.734. The maximum absolute atomic E-state index is 10.7. The average Bonchev–Trinajstić information content (AvgIpc) is 2.08. The Hall–Kier alpha value is -0.397. The summed E-state index contributed by atoms with van der Waals surface area (Å²) >= 11 is 0. The number of aldehydes is 1. The van der Waals surface area contributed by atoms with Crippen LogP contribution in [0.3, 0.4) is 0 Å². The van der Waals surface area contributed by atoms with Gasteiger partial charge in [0.05, 0.1) is 6.29 Å². The molecule has 0 aliphatic carbocycles. The first kappa shape index (κ1) is 13.6. The second kappa shape index (κ2) is 5.48. The van der Waals surface area contributed by atoms with Crippen LogP contribution in [-0.4, -0.2) is 18.2 Å². The van der Waals surface area contributed by atoms with Gasteiger partial charge >= 0.3 is 0 Å². The molecule has 0 radical (unpaired) electrons. The Morgan fingerprint density at radius 3 is 2.50 bits per heavy atom. The predicted molar refractivity (Wildman–Crippen MR) is 53.6 cm³/mol. The summed E-state index contributed by atoms with van der Waals surface area (Å²) in [4.78, 5) is 10.7. The molecule has 0 spiro atoms. The molecule has 1 aromatic carbocycles. The number of rotatable bonds is 2. The van der Waals surface area contributed by atoms with Crippen molar-refractivity contribution >= 4 is 18.7 Å². The van der Waals surface area contributed by atoms with Crippen molar-refractivity contribution in [1.82, 2.24) is 0 Å². The Balaban J connectivity index is 0.00000169. The molecule has 2 nitrogen and oxygen atoms in total. The summed E-state index contributed by atoms with van der Waals surface area (Å²) < 4.78 is 0. The topological polar surface area (TPSA) is 37.3 Å². The molecule has 0 saturated heterocycles. The van der Waals surface area contributed by atoms with Crippen LogP contribution in [0.1, 0.15) is 21.5 Å². The number of hydrogen-bond donors (Lipinski definition) is 1. The van der Waals surface area contributed by atoms with E-state index in [1.54, 1.807) is 12.9 Å². The Bertz CT molecular complexity index is 337. The van der Waals surface area contributed by atoms with Crippen molar-refractivity contribution in [3.8, 4) is 0 Å². The third kappa shape index (κ3) is 2.80. The van der Waals surface area contributed by atoms with Crippen LogP contribution in [0.25, 0.3) is 0 Å². The SMILES string of the molecule is CB(O)c1[c-]c(C)c(C)cc1C=O.[W]. The third-order valence-corrected chi connectivity index (χ3v) is 2.14. The normalized spacial score (nSPS) is 9.14. The van der Waals surface area contributed by atoms with Gasteiger partial charge in [0.2, 0.25) is 0 Å². The summed E-state index contributed by atoms with van der Waals surface area (Å²) in [6, 6.07) is 4.79. The molecule has 0 amide bonds. The summed E-state index contributed by atoms with van der Waals surface area (Å²) in [7, 11) is 0. The van der Waals surface area contributed by atoms with Crippen LogP contribution in [0.2, 0.25) is 6.82 Å². The zero-order chi connectivity index (χ0) is 10.0. The molecular formula is C10H12BO2W-. The maximum Gasteiger partial charge on any atom is 0.295 e. The number of aryl methyl sites for hydroxylation is 2. The van der Waals surface area contributed by atoms with Crippen LogP contribution in [0.15, 0.2) is 6.07 Å². The molecule has 0 fully saturated rings. The van der Waals surface area contributed by atoms with Crippen molar-refractivity contribution in [2.45, 2.75) is 20.7 Å². The van der Waals surface area contributed by atoms with Gasteiger partial charge in [0.1, 0.15) is 0 Å². The smallest absolute Gasteiger partial charge is 0.295 e. The fourth-order valence-electron chi connectivity index (χ4n) is 1.24. The molecule has 0 aromatic heterocycles. The van der Waals surface area contributed by atoms with Gasteiger partial charge in [0.15, 0.2) is 0 Å². The van der Waals surface area contributed by atoms with E-state index in [1.807, 2.05) is 13.8 Å². The molecule has 4 heteroatoms. The van der Waals surface area contributed by atoms with Crippen molar-refractivity contribution < 1.29 is 30.9 Å². The molecular weight excluding hydrogens is 347 g/mol. The van der Waals surface area contributed by atoms with Crippen LogP contribution < -0.4 is 5.46 Å². The number of hydrogen-bond acceptors (Lipinski definition) is 2. The van der Waals surface area contributed by atoms with Crippen LogP contribution in [0.5, 0.6) is 0 Å². The van der Waals surface area contributed by atoms with Gasteiger partial charge in [0.25, 0.3) is 6.92 Å². The molecule has 0 aliphatic heterocycles. The van der Waals surface area contributed by atoms with Gasteiger partial charge in [-0.05, 0) is 0 Å². The molecule has 0 aliphatic rings. The summed E-state index contributed by atoms with van der Waals surface area (Å²) in [6.07, 6.45) is 0.755. The van der Waals surface area contributed by atoms with Gasteiger partial charge in [-0.1, -0.05) is 26.2 Å². The minimum absolute atomic E-state index is 0. The van der Waals surface area contributed by atoms with E-state index in [1.165, 1.54) is 0 Å². The van der Waals surface area contributed by atoms with Gasteiger partial charge in [-0.2, -0.15) is 28.7 Å². The fraction of sp³-hybridized carbons (Fsp3) is 0.300. The van der Waals surface area contributed by atoms with Crippen molar-refractivity contribution in [1.29, 1.82) is 0 Å². The number of benzene rings is 1. The molecule has 1 rings (SSSR count). The van der Waals surface area contributed by atoms with Crippen LogP contribution in [0, 0.1) is 19.9 Å². The number of carbonyl (C=O) groups is 1. The van der Waals surface area contributed by atoms with Crippen LogP contribution in [-0.2, 0) is 21.1 Å². The van der Waals surface area contributed by atoms with E-state index in [0.29, 0.717) is 11.0 Å². The quantitative estimate of drug-likeness (QED) is 0.481. The third-order valence-electron chi connectivity index (χ3n) is 2.14. The first-order chi connectivity index (χ1) is 6.06. The summed E-state index contributed by atoms with van der Waals surface area (Å²) in [6.45, 7) is 4.83. The summed E-state index contributed by atoms with van der Waals surface area (Å²) in [5.41, 5.74) is 3.10. The average molecular weight is 359 g/mol. The van der Waals surface area contributed by atoms with E-state index in [2.05, 4.69) is 6.07 Å². The number of carbonyl (C=O) groups excluding carboxylic acids is 1. The van der Waals surface area contributed by atoms with Gasteiger partial charge in [-0.25, -0.2) is 0 Å². The van der Waals surface area contributed by atoms with Gasteiger partial charge in [-0.3, -0.25) is 0 Å². The van der Waals surface area contributed by atoms with E-state index in [-0.39, 0.29) is 21.1 Å². The molecule has 14 heavy (non-hydrogen) atoms. The summed E-state index contributed by atoms with van der Waals surface area (Å²) in [5.74, 6) is 0. The summed E-state index contributed by atoms with van der Waals surface area (Å²) in [5, 5.41) is 9.36. The molecule has 0 saturated carbocycles. The van der Waals surface area contributed by atoms with Gasteiger partial charge < -0.3 is 9.82 Å². The molecule has 0 atom stereocenters. The Labute approximate surface area is 99.1 Å². The van der Waals surface area contributed by atoms with Gasteiger partial charge in [0, 0.05) is 21.1 Å². The monoisotopic (exact) mass is 359 g/mol. The van der Waals surface area contributed by atoms with Crippen molar-refractivity contribution in [2.24, 2.45) is 0 Å². The Morgan fingerprint density at radius 1 is 1.50 bits per heavy atom. The molecule has 0 unspecified atom stereocenters. The maximum atomic E-state index is 10.7. The van der Waals surface area contributed by atoms with E-state index in [9.17, 15) is 9.82 Å². The second-order valence-electron chi connectivity index (χ2n) is 3.24. The van der Waals surface area contributed by atoms with Crippen molar-refractivity contribution in [3.63, 3.8) is 0 Å². The van der Waals surface area contributed by atoms with Crippen molar-refractivity contribution in [3.05, 3.63) is 28.8 Å².